The van der Waals surface area contributed by atoms with E-state index >= 15 is 0 Å². The fourth-order valence-electron chi connectivity index (χ4n) is 2.45. The molecule has 1 aromatic carbocycles. The first-order chi connectivity index (χ1) is 8.84. The Kier molecular flexibility index (Phi) is 5.26. The molecule has 1 aliphatic rings. The number of nitrogens with one attached hydrogen (secondary N) is 1. The minimum Gasteiger partial charge on any atom is -0.306 e. The van der Waals surface area contributed by atoms with Crippen LogP contribution < -0.4 is 5.32 Å². The van der Waals surface area contributed by atoms with E-state index in [1.807, 2.05) is 30.3 Å². The van der Waals surface area contributed by atoms with Gasteiger partial charge in [0.1, 0.15) is 0 Å². The van der Waals surface area contributed by atoms with Gasteiger partial charge in [0.25, 0.3) is 0 Å². The van der Waals surface area contributed by atoms with Crippen LogP contribution in [0.2, 0.25) is 0 Å². The van der Waals surface area contributed by atoms with E-state index in [0.29, 0.717) is 0 Å². The minimum atomic E-state index is 0.787. The van der Waals surface area contributed by atoms with Crippen LogP contribution in [-0.2, 0) is 0 Å². The zero-order valence-electron chi connectivity index (χ0n) is 11.2. The molecule has 1 aliphatic heterocycles. The largest absolute Gasteiger partial charge is 0.306 e. The van der Waals surface area contributed by atoms with Gasteiger partial charge >= 0.3 is 0 Å². The highest BCUT2D eigenvalue weighted by molar-refractivity contribution is 5.33. The van der Waals surface area contributed by atoms with Crippen molar-refractivity contribution in [1.29, 1.82) is 0 Å². The van der Waals surface area contributed by atoms with E-state index in [-0.39, 0.29) is 0 Å². The van der Waals surface area contributed by atoms with Crippen molar-refractivity contribution in [1.82, 2.24) is 10.2 Å². The summed E-state index contributed by atoms with van der Waals surface area (Å²) in [5.41, 5.74) is 1.09. The molecule has 0 amide bonds. The van der Waals surface area contributed by atoms with Crippen molar-refractivity contribution >= 4 is 0 Å². The monoisotopic (exact) mass is 242 g/mol. The molecule has 0 saturated carbocycles. The van der Waals surface area contributed by atoms with Crippen LogP contribution in [0, 0.1) is 17.8 Å². The fraction of sp³-hybridized carbons (Fsp3) is 0.500. The van der Waals surface area contributed by atoms with E-state index in [1.54, 1.807) is 0 Å². The Hall–Kier alpha value is -1.30. The first kappa shape index (κ1) is 13.1. The van der Waals surface area contributed by atoms with E-state index in [1.165, 1.54) is 25.9 Å². The summed E-state index contributed by atoms with van der Waals surface area (Å²) in [5.74, 6) is 7.14. The molecule has 1 saturated heterocycles. The maximum absolute atomic E-state index is 3.45. The molecule has 1 aromatic rings. The van der Waals surface area contributed by atoms with Crippen LogP contribution in [0.25, 0.3) is 0 Å². The number of hydrogen-bond donors (Lipinski definition) is 1. The van der Waals surface area contributed by atoms with Crippen LogP contribution >= 0.6 is 0 Å². The fourth-order valence-corrected chi connectivity index (χ4v) is 2.45. The summed E-state index contributed by atoms with van der Waals surface area (Å²) >= 11 is 0. The molecular weight excluding hydrogens is 220 g/mol. The first-order valence-electron chi connectivity index (χ1n) is 6.78. The van der Waals surface area contributed by atoms with Crippen molar-refractivity contribution in [2.45, 2.75) is 12.8 Å². The van der Waals surface area contributed by atoms with Gasteiger partial charge in [0.2, 0.25) is 0 Å². The molecule has 2 nitrogen and oxygen atoms in total. The highest BCUT2D eigenvalue weighted by Crippen LogP contribution is 2.13. The summed E-state index contributed by atoms with van der Waals surface area (Å²) < 4.78 is 0. The topological polar surface area (TPSA) is 15.3 Å². The molecule has 2 rings (SSSR count). The third-order valence-corrected chi connectivity index (χ3v) is 3.37. The van der Waals surface area contributed by atoms with Gasteiger partial charge in [0, 0.05) is 18.7 Å². The predicted octanol–water partition coefficient (Wildman–Crippen LogP) is 1.97. The lowest BCUT2D eigenvalue weighted by Crippen LogP contribution is -2.37. The first-order valence-corrected chi connectivity index (χ1v) is 6.78. The lowest BCUT2D eigenvalue weighted by molar-refractivity contribution is 0.207. The third-order valence-electron chi connectivity index (χ3n) is 3.37. The van der Waals surface area contributed by atoms with Crippen LogP contribution in [0.5, 0.6) is 0 Å². The molecule has 2 heteroatoms. The van der Waals surface area contributed by atoms with Gasteiger partial charge in [-0.25, -0.2) is 0 Å². The molecule has 0 bridgehead atoms. The molecule has 1 atom stereocenters. The quantitative estimate of drug-likeness (QED) is 0.644. The Morgan fingerprint density at radius 1 is 1.33 bits per heavy atom. The SMILES string of the molecule is CN1CCCC(CNCC#Cc2ccccc2)C1. The number of hydrogen-bond acceptors (Lipinski definition) is 2. The van der Waals surface area contributed by atoms with Crippen molar-refractivity contribution in [2.75, 3.05) is 33.2 Å². The van der Waals surface area contributed by atoms with Crippen molar-refractivity contribution < 1.29 is 0 Å². The molecule has 0 aromatic heterocycles. The minimum absolute atomic E-state index is 0.787. The summed E-state index contributed by atoms with van der Waals surface area (Å²) in [5, 5.41) is 3.45. The normalized spacial score (nSPS) is 20.2. The van der Waals surface area contributed by atoms with Crippen LogP contribution in [-0.4, -0.2) is 38.1 Å². The Balaban J connectivity index is 1.66. The van der Waals surface area contributed by atoms with Crippen LogP contribution in [0.3, 0.4) is 0 Å². The standard InChI is InChI=1S/C16H22N2/c1-18-12-6-10-16(14-18)13-17-11-5-9-15-7-3-2-4-8-15/h2-4,7-8,16-17H,6,10-14H2,1H3. The number of piperidine rings is 1. The Morgan fingerprint density at radius 3 is 2.94 bits per heavy atom. The van der Waals surface area contributed by atoms with Gasteiger partial charge < -0.3 is 10.2 Å². The summed E-state index contributed by atoms with van der Waals surface area (Å²) in [7, 11) is 2.21. The lowest BCUT2D eigenvalue weighted by Gasteiger charge is -2.29. The smallest absolute Gasteiger partial charge is 0.0580 e. The molecule has 1 fully saturated rings. The van der Waals surface area contributed by atoms with Gasteiger partial charge in [-0.1, -0.05) is 30.0 Å². The maximum atomic E-state index is 3.45. The van der Waals surface area contributed by atoms with Gasteiger partial charge in [-0.05, 0) is 44.5 Å². The number of rotatable bonds is 3. The maximum Gasteiger partial charge on any atom is 0.0580 e. The second kappa shape index (κ2) is 7.20. The summed E-state index contributed by atoms with van der Waals surface area (Å²) in [4.78, 5) is 2.42. The molecular formula is C16H22N2. The molecule has 1 N–H and O–H groups in total. The molecule has 18 heavy (non-hydrogen) atoms. The van der Waals surface area contributed by atoms with Crippen molar-refractivity contribution in [3.8, 4) is 11.8 Å². The zero-order chi connectivity index (χ0) is 12.6. The summed E-state index contributed by atoms with van der Waals surface area (Å²) in [6, 6.07) is 10.2. The Labute approximate surface area is 110 Å². The van der Waals surface area contributed by atoms with Crippen molar-refractivity contribution in [3.05, 3.63) is 35.9 Å². The van der Waals surface area contributed by atoms with Crippen molar-refractivity contribution in [3.63, 3.8) is 0 Å². The predicted molar refractivity (Wildman–Crippen MR) is 76.4 cm³/mol. The average molecular weight is 242 g/mol. The second-order valence-electron chi connectivity index (χ2n) is 5.07. The molecule has 0 radical (unpaired) electrons. The van der Waals surface area contributed by atoms with E-state index in [2.05, 4.69) is 29.1 Å². The third kappa shape index (κ3) is 4.52. The summed E-state index contributed by atoms with van der Waals surface area (Å²) in [6.07, 6.45) is 2.68. The van der Waals surface area contributed by atoms with Crippen LogP contribution in [0.15, 0.2) is 30.3 Å². The van der Waals surface area contributed by atoms with E-state index < -0.39 is 0 Å². The second-order valence-corrected chi connectivity index (χ2v) is 5.07. The van der Waals surface area contributed by atoms with E-state index in [9.17, 15) is 0 Å². The highest BCUT2D eigenvalue weighted by Gasteiger charge is 2.15. The van der Waals surface area contributed by atoms with Gasteiger partial charge in [-0.15, -0.1) is 0 Å². The van der Waals surface area contributed by atoms with Gasteiger partial charge in [-0.2, -0.15) is 0 Å². The van der Waals surface area contributed by atoms with Crippen LogP contribution in [0.1, 0.15) is 18.4 Å². The molecule has 0 spiro atoms. The van der Waals surface area contributed by atoms with Crippen LogP contribution in [0.4, 0.5) is 0 Å². The van der Waals surface area contributed by atoms with Crippen molar-refractivity contribution in [2.24, 2.45) is 5.92 Å². The molecule has 96 valence electrons. The molecule has 0 aliphatic carbocycles. The van der Waals surface area contributed by atoms with E-state index in [4.69, 9.17) is 0 Å². The van der Waals surface area contributed by atoms with E-state index in [0.717, 1.165) is 24.6 Å². The van der Waals surface area contributed by atoms with Gasteiger partial charge in [-0.3, -0.25) is 0 Å². The Morgan fingerprint density at radius 2 is 2.17 bits per heavy atom. The lowest BCUT2D eigenvalue weighted by atomic mass is 9.98. The Bertz CT molecular complexity index is 402. The zero-order valence-corrected chi connectivity index (χ0v) is 11.2. The number of benzene rings is 1. The highest BCUT2D eigenvalue weighted by atomic mass is 15.1. The van der Waals surface area contributed by atoms with Gasteiger partial charge in [0.15, 0.2) is 0 Å². The molecule has 1 heterocycles. The summed E-state index contributed by atoms with van der Waals surface area (Å²) in [6.45, 7) is 4.35. The average Bonchev–Trinajstić information content (AvgIpc) is 2.40. The number of nitrogens with zero attached hydrogens (tertiary/aromatic N) is 1. The van der Waals surface area contributed by atoms with Gasteiger partial charge in [0.05, 0.1) is 6.54 Å². The number of likely N-dealkylation sites (tertiary alicyclic amines) is 1. The molecule has 1 unspecified atom stereocenters.